The molecule has 0 aromatic heterocycles. The lowest BCUT2D eigenvalue weighted by molar-refractivity contribution is -0.126. The van der Waals surface area contributed by atoms with Gasteiger partial charge in [0.15, 0.2) is 0 Å². The van der Waals surface area contributed by atoms with E-state index in [-0.39, 0.29) is 29.9 Å². The molecular weight excluding hydrogens is 436 g/mol. The van der Waals surface area contributed by atoms with E-state index in [9.17, 15) is 9.59 Å². The van der Waals surface area contributed by atoms with E-state index < -0.39 is 0 Å². The molecule has 3 aliphatic rings. The molecule has 5 rings (SSSR count). The molecule has 0 unspecified atom stereocenters. The summed E-state index contributed by atoms with van der Waals surface area (Å²) in [5, 5.41) is 3.88. The predicted octanol–water partition coefficient (Wildman–Crippen LogP) is 3.08. The average Bonchev–Trinajstić information content (AvgIpc) is 3.40. The number of benzene rings is 2. The summed E-state index contributed by atoms with van der Waals surface area (Å²) in [6.07, 6.45) is 3.10. The Bertz CT molecular complexity index is 1040. The van der Waals surface area contributed by atoms with Gasteiger partial charge >= 0.3 is 0 Å². The molecule has 2 amide bonds. The summed E-state index contributed by atoms with van der Waals surface area (Å²) in [6.45, 7) is 2.92. The molecule has 33 heavy (non-hydrogen) atoms. The van der Waals surface area contributed by atoms with Gasteiger partial charge in [-0.1, -0.05) is 41.9 Å². The first-order valence-corrected chi connectivity index (χ1v) is 12.3. The van der Waals surface area contributed by atoms with Gasteiger partial charge in [0, 0.05) is 55.4 Å². The second-order valence-electron chi connectivity index (χ2n) is 9.43. The zero-order valence-electron chi connectivity index (χ0n) is 19.0. The van der Waals surface area contributed by atoms with Gasteiger partial charge in [0.2, 0.25) is 11.8 Å². The van der Waals surface area contributed by atoms with E-state index in [0.29, 0.717) is 19.5 Å². The number of halogens is 1. The van der Waals surface area contributed by atoms with Crippen molar-refractivity contribution in [3.8, 4) is 0 Å². The van der Waals surface area contributed by atoms with E-state index in [1.165, 1.54) is 5.56 Å². The summed E-state index contributed by atoms with van der Waals surface area (Å²) in [5.74, 6) is 0.267. The minimum Gasteiger partial charge on any atom is -0.353 e. The van der Waals surface area contributed by atoms with Gasteiger partial charge in [0.05, 0.1) is 0 Å². The van der Waals surface area contributed by atoms with E-state index >= 15 is 0 Å². The van der Waals surface area contributed by atoms with Crippen molar-refractivity contribution in [1.29, 1.82) is 0 Å². The Hall–Kier alpha value is -2.41. The van der Waals surface area contributed by atoms with Gasteiger partial charge in [0.1, 0.15) is 6.04 Å². The molecule has 2 aromatic rings. The zero-order valence-corrected chi connectivity index (χ0v) is 19.8. The van der Waals surface area contributed by atoms with E-state index in [2.05, 4.69) is 34.3 Å². The Labute approximate surface area is 200 Å². The average molecular weight is 467 g/mol. The molecule has 0 saturated carbocycles. The van der Waals surface area contributed by atoms with Crippen LogP contribution in [0.15, 0.2) is 48.5 Å². The highest BCUT2D eigenvalue weighted by Gasteiger charge is 2.45. The van der Waals surface area contributed by atoms with Gasteiger partial charge in [-0.25, -0.2) is 0 Å². The molecule has 2 saturated heterocycles. The highest BCUT2D eigenvalue weighted by Crippen LogP contribution is 2.31. The molecule has 2 fully saturated rings. The van der Waals surface area contributed by atoms with Crippen LogP contribution in [0.4, 0.5) is 5.69 Å². The first-order chi connectivity index (χ1) is 16.0. The van der Waals surface area contributed by atoms with Gasteiger partial charge in [-0.2, -0.15) is 0 Å². The summed E-state index contributed by atoms with van der Waals surface area (Å²) >= 11 is 6.16. The minimum absolute atomic E-state index is 0.0914. The smallest absolute Gasteiger partial charge is 0.239 e. The van der Waals surface area contributed by atoms with Crippen molar-refractivity contribution in [2.24, 2.45) is 0 Å². The summed E-state index contributed by atoms with van der Waals surface area (Å²) in [6, 6.07) is 16.1. The van der Waals surface area contributed by atoms with Crippen molar-refractivity contribution in [2.75, 3.05) is 31.6 Å². The van der Waals surface area contributed by atoms with Gasteiger partial charge < -0.3 is 10.2 Å². The Morgan fingerprint density at radius 2 is 2.00 bits per heavy atom. The maximum absolute atomic E-state index is 13.1. The molecular formula is C26H31ClN4O2. The van der Waals surface area contributed by atoms with Crippen LogP contribution in [-0.2, 0) is 22.6 Å². The summed E-state index contributed by atoms with van der Waals surface area (Å²) in [5.41, 5.74) is 3.42. The Morgan fingerprint density at radius 1 is 1.15 bits per heavy atom. The van der Waals surface area contributed by atoms with Crippen molar-refractivity contribution in [3.05, 3.63) is 64.7 Å². The van der Waals surface area contributed by atoms with Crippen LogP contribution in [0, 0.1) is 0 Å². The van der Waals surface area contributed by atoms with E-state index in [4.69, 9.17) is 11.6 Å². The molecule has 3 atom stereocenters. The zero-order chi connectivity index (χ0) is 22.9. The number of hydrogen-bond acceptors (Lipinski definition) is 4. The molecule has 2 aromatic carbocycles. The normalized spacial score (nSPS) is 25.5. The number of likely N-dealkylation sites (N-methyl/N-ethyl adjacent to an activating group) is 1. The molecule has 3 aliphatic heterocycles. The lowest BCUT2D eigenvalue weighted by Crippen LogP contribution is -2.49. The van der Waals surface area contributed by atoms with Crippen LogP contribution in [0.5, 0.6) is 0 Å². The number of carbonyl (C=O) groups is 2. The topological polar surface area (TPSA) is 55.9 Å². The summed E-state index contributed by atoms with van der Waals surface area (Å²) < 4.78 is 0. The monoisotopic (exact) mass is 466 g/mol. The first-order valence-electron chi connectivity index (χ1n) is 11.9. The Morgan fingerprint density at radius 3 is 2.85 bits per heavy atom. The lowest BCUT2D eigenvalue weighted by atomic mass is 10.0. The van der Waals surface area contributed by atoms with Crippen molar-refractivity contribution in [1.82, 2.24) is 15.1 Å². The van der Waals surface area contributed by atoms with Crippen LogP contribution in [-0.4, -0.2) is 66.4 Å². The van der Waals surface area contributed by atoms with Crippen LogP contribution in [0.25, 0.3) is 0 Å². The summed E-state index contributed by atoms with van der Waals surface area (Å²) in [7, 11) is 2.11. The second kappa shape index (κ2) is 9.45. The van der Waals surface area contributed by atoms with E-state index in [0.717, 1.165) is 48.6 Å². The maximum Gasteiger partial charge on any atom is 0.239 e. The number of likely N-dealkylation sites (tertiary alicyclic amines) is 1. The molecule has 0 bridgehead atoms. The molecule has 6 nitrogen and oxygen atoms in total. The number of hydrogen-bond donors (Lipinski definition) is 1. The highest BCUT2D eigenvalue weighted by molar-refractivity contribution is 6.30. The summed E-state index contributed by atoms with van der Waals surface area (Å²) in [4.78, 5) is 32.6. The molecule has 0 aliphatic carbocycles. The Balaban J connectivity index is 1.23. The minimum atomic E-state index is -0.180. The molecule has 0 radical (unpaired) electrons. The van der Waals surface area contributed by atoms with Crippen LogP contribution in [0.2, 0.25) is 5.02 Å². The fourth-order valence-electron chi connectivity index (χ4n) is 5.72. The van der Waals surface area contributed by atoms with Crippen molar-refractivity contribution in [2.45, 2.75) is 50.4 Å². The predicted molar refractivity (Wildman–Crippen MR) is 130 cm³/mol. The molecule has 174 valence electrons. The standard InChI is InChI=1S/C26H31ClN4O2/c1-29-21(9-10-24(32)31-14-11-19-6-2-3-8-22(19)31)16-28-26(33)25-23(29)12-13-30(25)17-18-5-4-7-20(27)15-18/h2-8,15,21,23,25H,9-14,16-17H2,1H3,(H,28,33)/t21-,23-,25-/m0/s1. The van der Waals surface area contributed by atoms with Crippen LogP contribution >= 0.6 is 11.6 Å². The van der Waals surface area contributed by atoms with Gasteiger partial charge in [-0.15, -0.1) is 0 Å². The molecule has 0 spiro atoms. The largest absolute Gasteiger partial charge is 0.353 e. The third kappa shape index (κ3) is 4.52. The quantitative estimate of drug-likeness (QED) is 0.735. The fourth-order valence-corrected chi connectivity index (χ4v) is 5.93. The number of nitrogens with one attached hydrogen (secondary N) is 1. The van der Waals surface area contributed by atoms with Crippen molar-refractivity contribution < 1.29 is 9.59 Å². The maximum atomic E-state index is 13.1. The van der Waals surface area contributed by atoms with E-state index in [1.807, 2.05) is 41.3 Å². The number of anilines is 1. The number of para-hydroxylation sites is 1. The highest BCUT2D eigenvalue weighted by atomic mass is 35.5. The number of carbonyl (C=O) groups excluding carboxylic acids is 2. The first kappa shape index (κ1) is 22.4. The van der Waals surface area contributed by atoms with Crippen LogP contribution < -0.4 is 10.2 Å². The number of nitrogens with zero attached hydrogens (tertiary/aromatic N) is 3. The van der Waals surface area contributed by atoms with Gasteiger partial charge in [0.25, 0.3) is 0 Å². The molecule has 7 heteroatoms. The van der Waals surface area contributed by atoms with Crippen LogP contribution in [0.1, 0.15) is 30.4 Å². The van der Waals surface area contributed by atoms with E-state index in [1.54, 1.807) is 0 Å². The number of rotatable bonds is 5. The SMILES string of the molecule is CN1[C@@H](CCC(=O)N2CCc3ccccc32)CNC(=O)[C@@H]2[C@@H]1CCN2Cc1cccc(Cl)c1. The second-order valence-corrected chi connectivity index (χ2v) is 9.86. The number of fused-ring (bicyclic) bond motifs is 2. The fraction of sp³-hybridized carbons (Fsp3) is 0.462. The third-order valence-electron chi connectivity index (χ3n) is 7.50. The number of amides is 2. The van der Waals surface area contributed by atoms with Gasteiger partial charge in [-0.05, 0) is 55.6 Å². The van der Waals surface area contributed by atoms with Crippen molar-refractivity contribution >= 4 is 29.1 Å². The van der Waals surface area contributed by atoms with Crippen molar-refractivity contribution in [3.63, 3.8) is 0 Å². The Kier molecular flexibility index (Phi) is 6.41. The lowest BCUT2D eigenvalue weighted by Gasteiger charge is -2.33. The molecule has 1 N–H and O–H groups in total. The third-order valence-corrected chi connectivity index (χ3v) is 7.74. The van der Waals surface area contributed by atoms with Gasteiger partial charge in [-0.3, -0.25) is 19.4 Å². The van der Waals surface area contributed by atoms with Crippen LogP contribution in [0.3, 0.4) is 0 Å². The molecule has 3 heterocycles.